The Bertz CT molecular complexity index is 738. The number of carbonyl (C=O) groups excluding carboxylic acids is 2. The van der Waals surface area contributed by atoms with Crippen LogP contribution in [0.3, 0.4) is 0 Å². The van der Waals surface area contributed by atoms with Gasteiger partial charge in [-0.3, -0.25) is 14.5 Å². The van der Waals surface area contributed by atoms with E-state index in [0.717, 1.165) is 16.3 Å². The van der Waals surface area contributed by atoms with Crippen molar-refractivity contribution in [2.75, 3.05) is 12.4 Å². The number of nitrogens with zero attached hydrogens (tertiary/aromatic N) is 1. The zero-order valence-electron chi connectivity index (χ0n) is 11.5. The van der Waals surface area contributed by atoms with E-state index >= 15 is 0 Å². The Morgan fingerprint density at radius 1 is 1.14 bits per heavy atom. The quantitative estimate of drug-likeness (QED) is 0.863. The summed E-state index contributed by atoms with van der Waals surface area (Å²) in [5.41, 5.74) is 1.65. The molecule has 2 amide bonds. The standard InChI is InChI=1S/C15H13BrN2O3/c1-8(12-5-6-13(16)21-12)17-9-3-4-10-11(7-9)15(20)18(2)14(10)19/h3-8,17H,1-2H3. The van der Waals surface area contributed by atoms with Crippen LogP contribution in [0.15, 0.2) is 39.4 Å². The summed E-state index contributed by atoms with van der Waals surface area (Å²) in [5.74, 6) is 0.249. The van der Waals surface area contributed by atoms with Gasteiger partial charge in [-0.25, -0.2) is 0 Å². The first-order valence-corrected chi connectivity index (χ1v) is 7.25. The van der Waals surface area contributed by atoms with Crippen LogP contribution in [0.4, 0.5) is 5.69 Å². The van der Waals surface area contributed by atoms with Crippen LogP contribution in [0.5, 0.6) is 0 Å². The van der Waals surface area contributed by atoms with E-state index in [1.54, 1.807) is 18.2 Å². The first-order chi connectivity index (χ1) is 9.97. The van der Waals surface area contributed by atoms with Crippen LogP contribution in [0.1, 0.15) is 39.4 Å². The fourth-order valence-electron chi connectivity index (χ4n) is 2.33. The van der Waals surface area contributed by atoms with Gasteiger partial charge in [-0.05, 0) is 53.2 Å². The Labute approximate surface area is 130 Å². The molecule has 3 rings (SSSR count). The van der Waals surface area contributed by atoms with Crippen LogP contribution in [-0.4, -0.2) is 23.8 Å². The number of hydrogen-bond acceptors (Lipinski definition) is 4. The molecule has 5 nitrogen and oxygen atoms in total. The summed E-state index contributed by atoms with van der Waals surface area (Å²) >= 11 is 3.27. The van der Waals surface area contributed by atoms with Gasteiger partial charge in [-0.2, -0.15) is 0 Å². The maximum absolute atomic E-state index is 12.0. The molecular weight excluding hydrogens is 336 g/mol. The van der Waals surface area contributed by atoms with Crippen LogP contribution in [-0.2, 0) is 0 Å². The molecule has 1 atom stereocenters. The molecule has 1 aromatic carbocycles. The minimum atomic E-state index is -0.271. The number of fused-ring (bicyclic) bond motifs is 1. The second-order valence-corrected chi connectivity index (χ2v) is 5.72. The molecule has 0 bridgehead atoms. The van der Waals surface area contributed by atoms with Crippen molar-refractivity contribution in [2.24, 2.45) is 0 Å². The van der Waals surface area contributed by atoms with E-state index in [4.69, 9.17) is 4.42 Å². The van der Waals surface area contributed by atoms with Crippen molar-refractivity contribution in [3.05, 3.63) is 51.9 Å². The van der Waals surface area contributed by atoms with Gasteiger partial charge in [0.1, 0.15) is 5.76 Å². The third-order valence-electron chi connectivity index (χ3n) is 3.49. The van der Waals surface area contributed by atoms with Crippen LogP contribution >= 0.6 is 15.9 Å². The summed E-state index contributed by atoms with van der Waals surface area (Å²) in [4.78, 5) is 24.9. The summed E-state index contributed by atoms with van der Waals surface area (Å²) in [6, 6.07) is 8.81. The number of benzene rings is 1. The number of imide groups is 1. The molecule has 0 radical (unpaired) electrons. The smallest absolute Gasteiger partial charge is 0.261 e. The summed E-state index contributed by atoms with van der Waals surface area (Å²) in [6.45, 7) is 1.96. The van der Waals surface area contributed by atoms with E-state index in [0.29, 0.717) is 15.8 Å². The Morgan fingerprint density at radius 2 is 1.86 bits per heavy atom. The number of rotatable bonds is 3. The van der Waals surface area contributed by atoms with E-state index in [1.807, 2.05) is 19.1 Å². The van der Waals surface area contributed by atoms with Gasteiger partial charge in [0, 0.05) is 12.7 Å². The first kappa shape index (κ1) is 13.9. The van der Waals surface area contributed by atoms with Gasteiger partial charge in [0.05, 0.1) is 17.2 Å². The van der Waals surface area contributed by atoms with E-state index in [2.05, 4.69) is 21.2 Å². The molecule has 2 heterocycles. The predicted molar refractivity (Wildman–Crippen MR) is 81.3 cm³/mol. The van der Waals surface area contributed by atoms with Gasteiger partial charge in [-0.1, -0.05) is 0 Å². The molecule has 0 spiro atoms. The third-order valence-corrected chi connectivity index (χ3v) is 3.92. The normalized spacial score (nSPS) is 15.3. The highest BCUT2D eigenvalue weighted by molar-refractivity contribution is 9.10. The summed E-state index contributed by atoms with van der Waals surface area (Å²) in [7, 11) is 1.49. The SMILES string of the molecule is CC(Nc1ccc2c(c1)C(=O)N(C)C2=O)c1ccc(Br)o1. The number of carbonyl (C=O) groups is 2. The van der Waals surface area contributed by atoms with Gasteiger partial charge in [-0.15, -0.1) is 0 Å². The molecule has 1 unspecified atom stereocenters. The van der Waals surface area contributed by atoms with Crippen LogP contribution in [0.25, 0.3) is 0 Å². The van der Waals surface area contributed by atoms with E-state index in [-0.39, 0.29) is 17.9 Å². The van der Waals surface area contributed by atoms with Gasteiger partial charge in [0.15, 0.2) is 4.67 Å². The molecule has 6 heteroatoms. The molecule has 0 saturated carbocycles. The Hall–Kier alpha value is -2.08. The van der Waals surface area contributed by atoms with Crippen molar-refractivity contribution in [2.45, 2.75) is 13.0 Å². The number of hydrogen-bond donors (Lipinski definition) is 1. The first-order valence-electron chi connectivity index (χ1n) is 6.45. The average Bonchev–Trinajstić information content (AvgIpc) is 2.98. The lowest BCUT2D eigenvalue weighted by Crippen LogP contribution is -2.24. The molecule has 108 valence electrons. The molecule has 21 heavy (non-hydrogen) atoms. The highest BCUT2D eigenvalue weighted by Crippen LogP contribution is 2.28. The van der Waals surface area contributed by atoms with Gasteiger partial charge in [0.25, 0.3) is 11.8 Å². The van der Waals surface area contributed by atoms with Crippen molar-refractivity contribution >= 4 is 33.4 Å². The minimum absolute atomic E-state index is 0.0562. The summed E-state index contributed by atoms with van der Waals surface area (Å²) in [5, 5.41) is 3.25. The van der Waals surface area contributed by atoms with E-state index in [9.17, 15) is 9.59 Å². The summed E-state index contributed by atoms with van der Waals surface area (Å²) < 4.78 is 6.16. The number of anilines is 1. The van der Waals surface area contributed by atoms with E-state index in [1.165, 1.54) is 7.05 Å². The van der Waals surface area contributed by atoms with Crippen molar-refractivity contribution in [3.8, 4) is 0 Å². The summed E-state index contributed by atoms with van der Waals surface area (Å²) in [6.07, 6.45) is 0. The second-order valence-electron chi connectivity index (χ2n) is 4.94. The molecular formula is C15H13BrN2O3. The van der Waals surface area contributed by atoms with Crippen molar-refractivity contribution in [3.63, 3.8) is 0 Å². The molecule has 1 N–H and O–H groups in total. The number of nitrogens with one attached hydrogen (secondary N) is 1. The molecule has 0 fully saturated rings. The molecule has 2 aromatic rings. The van der Waals surface area contributed by atoms with E-state index < -0.39 is 0 Å². The molecule has 0 saturated heterocycles. The van der Waals surface area contributed by atoms with Crippen molar-refractivity contribution < 1.29 is 14.0 Å². The zero-order valence-corrected chi connectivity index (χ0v) is 13.1. The molecule has 1 aromatic heterocycles. The van der Waals surface area contributed by atoms with Crippen LogP contribution in [0.2, 0.25) is 0 Å². The molecule has 1 aliphatic rings. The third kappa shape index (κ3) is 2.35. The molecule has 0 aliphatic carbocycles. The van der Waals surface area contributed by atoms with Gasteiger partial charge < -0.3 is 9.73 Å². The Balaban J connectivity index is 1.85. The Kier molecular flexibility index (Phi) is 3.33. The molecule has 1 aliphatic heterocycles. The van der Waals surface area contributed by atoms with Gasteiger partial charge in [0.2, 0.25) is 0 Å². The highest BCUT2D eigenvalue weighted by atomic mass is 79.9. The highest BCUT2D eigenvalue weighted by Gasteiger charge is 2.32. The van der Waals surface area contributed by atoms with Crippen LogP contribution < -0.4 is 5.32 Å². The fraction of sp³-hybridized carbons (Fsp3) is 0.200. The topological polar surface area (TPSA) is 62.6 Å². The number of halogens is 1. The maximum atomic E-state index is 12.0. The Morgan fingerprint density at radius 3 is 2.52 bits per heavy atom. The van der Waals surface area contributed by atoms with Crippen LogP contribution in [0, 0.1) is 0 Å². The average molecular weight is 349 g/mol. The van der Waals surface area contributed by atoms with Crippen molar-refractivity contribution in [1.82, 2.24) is 4.90 Å². The largest absolute Gasteiger partial charge is 0.452 e. The minimum Gasteiger partial charge on any atom is -0.452 e. The maximum Gasteiger partial charge on any atom is 0.261 e. The fourth-order valence-corrected chi connectivity index (χ4v) is 2.65. The lowest BCUT2D eigenvalue weighted by molar-refractivity contribution is 0.0693. The lowest BCUT2D eigenvalue weighted by Gasteiger charge is -2.13. The monoisotopic (exact) mass is 348 g/mol. The predicted octanol–water partition coefficient (Wildman–Crippen LogP) is 3.44. The van der Waals surface area contributed by atoms with Gasteiger partial charge >= 0.3 is 0 Å². The number of amides is 2. The lowest BCUT2D eigenvalue weighted by atomic mass is 10.1. The second kappa shape index (κ2) is 5.04. The number of furan rings is 1. The van der Waals surface area contributed by atoms with Crippen molar-refractivity contribution in [1.29, 1.82) is 0 Å². The zero-order chi connectivity index (χ0) is 15.1.